The summed E-state index contributed by atoms with van der Waals surface area (Å²) in [5.74, 6) is -0.214. The average molecular weight is 341 g/mol. The molecule has 1 aliphatic heterocycles. The number of carbonyl (C=O) groups is 1. The zero-order valence-corrected chi connectivity index (χ0v) is 12.7. The van der Waals surface area contributed by atoms with Crippen LogP contribution in [-0.2, 0) is 0 Å². The Kier molecular flexibility index (Phi) is 5.11. The summed E-state index contributed by atoms with van der Waals surface area (Å²) >= 11 is 3.40. The van der Waals surface area contributed by atoms with Crippen LogP contribution < -0.4 is 0 Å². The van der Waals surface area contributed by atoms with Crippen LogP contribution in [0.2, 0.25) is 0 Å². The van der Waals surface area contributed by atoms with Crippen LogP contribution >= 0.6 is 15.9 Å². The number of benzene rings is 1. The molecule has 1 atom stereocenters. The van der Waals surface area contributed by atoms with Gasteiger partial charge in [-0.05, 0) is 31.7 Å². The lowest BCUT2D eigenvalue weighted by Gasteiger charge is -2.24. The maximum Gasteiger partial charge on any atom is 0.282 e. The van der Waals surface area contributed by atoms with E-state index in [2.05, 4.69) is 15.9 Å². The van der Waals surface area contributed by atoms with Gasteiger partial charge < -0.3 is 4.90 Å². The average Bonchev–Trinajstić information content (AvgIpc) is 2.92. The van der Waals surface area contributed by atoms with Crippen molar-refractivity contribution < 1.29 is 9.72 Å². The number of halogens is 1. The van der Waals surface area contributed by atoms with Crippen LogP contribution in [0.5, 0.6) is 0 Å². The molecule has 0 N–H and O–H groups in total. The van der Waals surface area contributed by atoms with Gasteiger partial charge in [-0.15, -0.1) is 0 Å². The molecule has 0 radical (unpaired) electrons. The van der Waals surface area contributed by atoms with Crippen LogP contribution in [0, 0.1) is 10.1 Å². The Morgan fingerprint density at radius 3 is 2.90 bits per heavy atom. The number of nitrogens with zero attached hydrogens (tertiary/aromatic N) is 2. The van der Waals surface area contributed by atoms with E-state index in [1.807, 2.05) is 0 Å². The van der Waals surface area contributed by atoms with Gasteiger partial charge in [-0.2, -0.15) is 0 Å². The lowest BCUT2D eigenvalue weighted by atomic mass is 10.1. The molecule has 1 amide bonds. The lowest BCUT2D eigenvalue weighted by molar-refractivity contribution is -0.385. The van der Waals surface area contributed by atoms with E-state index in [4.69, 9.17) is 0 Å². The Hall–Kier alpha value is -1.43. The van der Waals surface area contributed by atoms with Crippen LogP contribution in [0.25, 0.3) is 0 Å². The van der Waals surface area contributed by atoms with Gasteiger partial charge in [0.25, 0.3) is 11.6 Å². The zero-order chi connectivity index (χ0) is 14.5. The molecule has 0 spiro atoms. The zero-order valence-electron chi connectivity index (χ0n) is 11.1. The van der Waals surface area contributed by atoms with Gasteiger partial charge >= 0.3 is 0 Å². The number of likely N-dealkylation sites (tertiary alicyclic amines) is 1. The summed E-state index contributed by atoms with van der Waals surface area (Å²) in [5, 5.41) is 11.9. The van der Waals surface area contributed by atoms with E-state index in [1.54, 1.807) is 23.1 Å². The summed E-state index contributed by atoms with van der Waals surface area (Å²) in [6.07, 6.45) is 3.90. The Morgan fingerprint density at radius 2 is 2.20 bits per heavy atom. The Morgan fingerprint density at radius 1 is 1.45 bits per heavy atom. The normalized spacial score (nSPS) is 18.2. The van der Waals surface area contributed by atoms with Crippen molar-refractivity contribution in [1.29, 1.82) is 0 Å². The first-order chi connectivity index (χ1) is 9.65. The number of nitro benzene ring substituents is 1. The third-order valence-electron chi connectivity index (χ3n) is 3.64. The third-order valence-corrected chi connectivity index (χ3v) is 4.20. The highest BCUT2D eigenvalue weighted by Crippen LogP contribution is 2.27. The fraction of sp³-hybridized carbons (Fsp3) is 0.500. The largest absolute Gasteiger partial charge is 0.335 e. The van der Waals surface area contributed by atoms with Crippen molar-refractivity contribution in [3.63, 3.8) is 0 Å². The monoisotopic (exact) mass is 340 g/mol. The van der Waals surface area contributed by atoms with Gasteiger partial charge in [-0.1, -0.05) is 28.1 Å². The molecule has 2 rings (SSSR count). The fourth-order valence-electron chi connectivity index (χ4n) is 2.68. The molecule has 1 saturated heterocycles. The molecule has 0 saturated carbocycles. The molecule has 5 nitrogen and oxygen atoms in total. The smallest absolute Gasteiger partial charge is 0.282 e. The topological polar surface area (TPSA) is 63.4 Å². The number of para-hydroxylation sites is 1. The highest BCUT2D eigenvalue weighted by molar-refractivity contribution is 9.09. The van der Waals surface area contributed by atoms with Crippen LogP contribution in [0.4, 0.5) is 5.69 Å². The summed E-state index contributed by atoms with van der Waals surface area (Å²) in [5.41, 5.74) is 0.0897. The molecular weight excluding hydrogens is 324 g/mol. The number of alkyl halides is 1. The second kappa shape index (κ2) is 6.83. The lowest BCUT2D eigenvalue weighted by Crippen LogP contribution is -2.35. The predicted molar refractivity (Wildman–Crippen MR) is 80.2 cm³/mol. The number of hydrogen-bond donors (Lipinski definition) is 0. The molecular formula is C14H17BrN2O3. The van der Waals surface area contributed by atoms with E-state index in [9.17, 15) is 14.9 Å². The van der Waals surface area contributed by atoms with E-state index in [-0.39, 0.29) is 23.2 Å². The minimum atomic E-state index is -0.489. The summed E-state index contributed by atoms with van der Waals surface area (Å²) in [6.45, 7) is 0.692. The number of nitro groups is 1. The van der Waals surface area contributed by atoms with Crippen LogP contribution in [-0.4, -0.2) is 33.6 Å². The first-order valence-corrected chi connectivity index (χ1v) is 7.87. The first-order valence-electron chi connectivity index (χ1n) is 6.75. The number of rotatable bonds is 5. The van der Waals surface area contributed by atoms with Crippen molar-refractivity contribution in [2.24, 2.45) is 0 Å². The molecule has 1 aliphatic rings. The minimum absolute atomic E-state index is 0.108. The number of amides is 1. The molecule has 1 aromatic rings. The predicted octanol–water partition coefficient (Wildman–Crippen LogP) is 3.37. The molecule has 108 valence electrons. The van der Waals surface area contributed by atoms with E-state index in [1.165, 1.54) is 6.07 Å². The molecule has 6 heteroatoms. The van der Waals surface area contributed by atoms with Gasteiger partial charge in [-0.3, -0.25) is 14.9 Å². The van der Waals surface area contributed by atoms with Crippen molar-refractivity contribution >= 4 is 27.5 Å². The SMILES string of the molecule is O=C(c1ccccc1[N+](=O)[O-])N1CCCC1CCCBr. The Bertz CT molecular complexity index is 507. The number of carbonyl (C=O) groups excluding carboxylic acids is 1. The van der Waals surface area contributed by atoms with E-state index in [0.29, 0.717) is 6.54 Å². The van der Waals surface area contributed by atoms with Gasteiger partial charge in [0.2, 0.25) is 0 Å². The third kappa shape index (κ3) is 3.17. The second-order valence-electron chi connectivity index (χ2n) is 4.90. The molecule has 1 unspecified atom stereocenters. The quantitative estimate of drug-likeness (QED) is 0.469. The van der Waals surface area contributed by atoms with Crippen molar-refractivity contribution in [3.8, 4) is 0 Å². The van der Waals surface area contributed by atoms with Crippen LogP contribution in [0.3, 0.4) is 0 Å². The van der Waals surface area contributed by atoms with E-state index < -0.39 is 4.92 Å². The standard InChI is InChI=1S/C14H17BrN2O3/c15-9-3-5-11-6-4-10-16(11)14(18)12-7-1-2-8-13(12)17(19)20/h1-2,7-8,11H,3-6,9-10H2. The second-order valence-corrected chi connectivity index (χ2v) is 5.69. The molecule has 1 aromatic carbocycles. The first kappa shape index (κ1) is 15.0. The molecule has 0 bridgehead atoms. The van der Waals surface area contributed by atoms with Gasteiger partial charge in [0, 0.05) is 24.0 Å². The highest BCUT2D eigenvalue weighted by Gasteiger charge is 2.32. The van der Waals surface area contributed by atoms with E-state index in [0.717, 1.165) is 31.0 Å². The van der Waals surface area contributed by atoms with Gasteiger partial charge in [0.15, 0.2) is 0 Å². The van der Waals surface area contributed by atoms with Crippen molar-refractivity contribution in [1.82, 2.24) is 4.90 Å². The maximum absolute atomic E-state index is 12.6. The van der Waals surface area contributed by atoms with Gasteiger partial charge in [0.1, 0.15) is 5.56 Å². The molecule has 1 heterocycles. The van der Waals surface area contributed by atoms with Crippen molar-refractivity contribution in [2.45, 2.75) is 31.7 Å². The van der Waals surface area contributed by atoms with Crippen LogP contribution in [0.1, 0.15) is 36.0 Å². The van der Waals surface area contributed by atoms with Crippen molar-refractivity contribution in [2.75, 3.05) is 11.9 Å². The van der Waals surface area contributed by atoms with Crippen LogP contribution in [0.15, 0.2) is 24.3 Å². The van der Waals surface area contributed by atoms with Gasteiger partial charge in [-0.25, -0.2) is 0 Å². The summed E-state index contributed by atoms with van der Waals surface area (Å²) < 4.78 is 0. The number of hydrogen-bond acceptors (Lipinski definition) is 3. The maximum atomic E-state index is 12.6. The van der Waals surface area contributed by atoms with E-state index >= 15 is 0 Å². The molecule has 20 heavy (non-hydrogen) atoms. The molecule has 1 fully saturated rings. The Labute approximate surface area is 126 Å². The minimum Gasteiger partial charge on any atom is -0.335 e. The Balaban J connectivity index is 2.20. The highest BCUT2D eigenvalue weighted by atomic mass is 79.9. The van der Waals surface area contributed by atoms with Crippen molar-refractivity contribution in [3.05, 3.63) is 39.9 Å². The molecule has 0 aliphatic carbocycles. The fourth-order valence-corrected chi connectivity index (χ4v) is 3.01. The molecule has 0 aromatic heterocycles. The summed E-state index contributed by atoms with van der Waals surface area (Å²) in [6, 6.07) is 6.39. The summed E-state index contributed by atoms with van der Waals surface area (Å²) in [4.78, 5) is 24.9. The summed E-state index contributed by atoms with van der Waals surface area (Å²) in [7, 11) is 0. The van der Waals surface area contributed by atoms with Gasteiger partial charge in [0.05, 0.1) is 4.92 Å².